The fourth-order valence-corrected chi connectivity index (χ4v) is 2.36. The van der Waals surface area contributed by atoms with E-state index in [1.165, 1.54) is 6.07 Å². The second-order valence-electron chi connectivity index (χ2n) is 4.71. The molecule has 3 nitrogen and oxygen atoms in total. The fourth-order valence-electron chi connectivity index (χ4n) is 2.36. The van der Waals surface area contributed by atoms with Gasteiger partial charge < -0.3 is 0 Å². The summed E-state index contributed by atoms with van der Waals surface area (Å²) in [6.07, 6.45) is 0.177. The van der Waals surface area contributed by atoms with Crippen LogP contribution in [0.25, 0.3) is 0 Å². The number of hydrogen-bond acceptors (Lipinski definition) is 2. The molecule has 1 aliphatic rings. The Labute approximate surface area is 115 Å². The van der Waals surface area contributed by atoms with Gasteiger partial charge in [0.2, 0.25) is 5.91 Å². The summed E-state index contributed by atoms with van der Waals surface area (Å²) < 4.78 is 13.6. The summed E-state index contributed by atoms with van der Waals surface area (Å²) in [4.78, 5) is 25.5. The van der Waals surface area contributed by atoms with Crippen LogP contribution in [0.1, 0.15) is 21.5 Å². The van der Waals surface area contributed by atoms with Crippen LogP contribution in [-0.2, 0) is 17.8 Å². The summed E-state index contributed by atoms with van der Waals surface area (Å²) >= 11 is 0. The van der Waals surface area contributed by atoms with Crippen molar-refractivity contribution in [3.8, 4) is 0 Å². The van der Waals surface area contributed by atoms with Crippen LogP contribution in [0.4, 0.5) is 4.39 Å². The number of amides is 2. The van der Waals surface area contributed by atoms with E-state index in [9.17, 15) is 14.0 Å². The highest BCUT2D eigenvalue weighted by Crippen LogP contribution is 2.22. The summed E-state index contributed by atoms with van der Waals surface area (Å²) in [5, 5.41) is 0. The maximum atomic E-state index is 13.6. The number of imide groups is 1. The molecule has 0 atom stereocenters. The molecule has 2 aromatic rings. The Morgan fingerprint density at radius 1 is 1.00 bits per heavy atom. The molecule has 0 unspecified atom stereocenters. The Hall–Kier alpha value is -2.49. The molecule has 100 valence electrons. The summed E-state index contributed by atoms with van der Waals surface area (Å²) in [6, 6.07) is 13.2. The molecule has 0 saturated heterocycles. The van der Waals surface area contributed by atoms with Gasteiger partial charge in [-0.1, -0.05) is 36.4 Å². The molecule has 1 aliphatic heterocycles. The Balaban J connectivity index is 1.94. The largest absolute Gasteiger partial charge is 0.274 e. The Bertz CT molecular complexity index is 696. The highest BCUT2D eigenvalue weighted by Gasteiger charge is 2.30. The third-order valence-corrected chi connectivity index (χ3v) is 3.42. The van der Waals surface area contributed by atoms with E-state index >= 15 is 0 Å². The summed E-state index contributed by atoms with van der Waals surface area (Å²) in [5.74, 6) is -1.07. The van der Waals surface area contributed by atoms with Gasteiger partial charge >= 0.3 is 0 Å². The molecule has 20 heavy (non-hydrogen) atoms. The SMILES string of the molecule is O=C1Cc2ccccc2C(=O)N1Cc1ccccc1F. The van der Waals surface area contributed by atoms with Crippen LogP contribution >= 0.6 is 0 Å². The van der Waals surface area contributed by atoms with E-state index in [-0.39, 0.29) is 24.8 Å². The maximum absolute atomic E-state index is 13.6. The van der Waals surface area contributed by atoms with E-state index in [2.05, 4.69) is 0 Å². The van der Waals surface area contributed by atoms with Crippen molar-refractivity contribution < 1.29 is 14.0 Å². The van der Waals surface area contributed by atoms with Gasteiger partial charge in [-0.2, -0.15) is 0 Å². The second kappa shape index (κ2) is 4.89. The number of carbonyl (C=O) groups excluding carboxylic acids is 2. The highest BCUT2D eigenvalue weighted by atomic mass is 19.1. The second-order valence-corrected chi connectivity index (χ2v) is 4.71. The van der Waals surface area contributed by atoms with Gasteiger partial charge in [0.25, 0.3) is 5.91 Å². The lowest BCUT2D eigenvalue weighted by atomic mass is 9.98. The number of fused-ring (bicyclic) bond motifs is 1. The zero-order valence-electron chi connectivity index (χ0n) is 10.7. The monoisotopic (exact) mass is 269 g/mol. The molecule has 0 saturated carbocycles. The zero-order valence-corrected chi connectivity index (χ0v) is 10.7. The lowest BCUT2D eigenvalue weighted by Crippen LogP contribution is -2.41. The number of hydrogen-bond donors (Lipinski definition) is 0. The Kier molecular flexibility index (Phi) is 3.06. The van der Waals surface area contributed by atoms with E-state index in [0.29, 0.717) is 11.1 Å². The molecule has 2 aromatic carbocycles. The highest BCUT2D eigenvalue weighted by molar-refractivity contribution is 6.09. The van der Waals surface area contributed by atoms with Crippen molar-refractivity contribution in [1.29, 1.82) is 0 Å². The standard InChI is InChI=1S/C16H12FNO2/c17-14-8-4-2-6-12(14)10-18-15(19)9-11-5-1-3-7-13(11)16(18)20/h1-8H,9-10H2. The molecule has 0 aromatic heterocycles. The molecule has 0 fully saturated rings. The van der Waals surface area contributed by atoms with Crippen molar-refractivity contribution in [2.45, 2.75) is 13.0 Å². The Morgan fingerprint density at radius 2 is 1.70 bits per heavy atom. The molecule has 0 N–H and O–H groups in total. The van der Waals surface area contributed by atoms with Crippen molar-refractivity contribution in [2.75, 3.05) is 0 Å². The maximum Gasteiger partial charge on any atom is 0.261 e. The van der Waals surface area contributed by atoms with Crippen molar-refractivity contribution in [2.24, 2.45) is 0 Å². The average molecular weight is 269 g/mol. The first-order valence-corrected chi connectivity index (χ1v) is 6.33. The predicted octanol–water partition coefficient (Wildman–Crippen LogP) is 2.55. The van der Waals surface area contributed by atoms with E-state index < -0.39 is 5.82 Å². The van der Waals surface area contributed by atoms with E-state index in [0.717, 1.165) is 10.5 Å². The van der Waals surface area contributed by atoms with Crippen molar-refractivity contribution in [1.82, 2.24) is 4.90 Å². The van der Waals surface area contributed by atoms with E-state index in [1.54, 1.807) is 42.5 Å². The van der Waals surface area contributed by atoms with E-state index in [1.807, 2.05) is 0 Å². The molecule has 0 spiro atoms. The minimum absolute atomic E-state index is 0.0291. The first kappa shape index (κ1) is 12.5. The molecule has 0 aliphatic carbocycles. The van der Waals surface area contributed by atoms with Gasteiger partial charge in [-0.25, -0.2) is 4.39 Å². The average Bonchev–Trinajstić information content (AvgIpc) is 2.45. The van der Waals surface area contributed by atoms with Gasteiger partial charge in [0.1, 0.15) is 5.82 Å². The minimum atomic E-state index is -0.410. The van der Waals surface area contributed by atoms with E-state index in [4.69, 9.17) is 0 Å². The first-order valence-electron chi connectivity index (χ1n) is 6.33. The van der Waals surface area contributed by atoms with Crippen molar-refractivity contribution >= 4 is 11.8 Å². The molecular formula is C16H12FNO2. The van der Waals surface area contributed by atoms with Gasteiger partial charge in [0.05, 0.1) is 13.0 Å². The number of benzene rings is 2. The molecule has 0 bridgehead atoms. The summed E-state index contributed by atoms with van der Waals surface area (Å²) in [7, 11) is 0. The van der Waals surface area contributed by atoms with Crippen LogP contribution in [0.5, 0.6) is 0 Å². The smallest absolute Gasteiger partial charge is 0.261 e. The van der Waals surface area contributed by atoms with Crippen LogP contribution in [0, 0.1) is 5.82 Å². The van der Waals surface area contributed by atoms with Gasteiger partial charge in [0, 0.05) is 11.1 Å². The van der Waals surface area contributed by atoms with Gasteiger partial charge in [-0.05, 0) is 17.7 Å². The van der Waals surface area contributed by atoms with Crippen molar-refractivity contribution in [3.05, 3.63) is 71.0 Å². The van der Waals surface area contributed by atoms with Gasteiger partial charge in [-0.3, -0.25) is 14.5 Å². The quantitative estimate of drug-likeness (QED) is 0.786. The number of nitrogens with zero attached hydrogens (tertiary/aromatic N) is 1. The predicted molar refractivity (Wildman–Crippen MR) is 71.4 cm³/mol. The van der Waals surface area contributed by atoms with Crippen LogP contribution in [0.2, 0.25) is 0 Å². The summed E-state index contributed by atoms with van der Waals surface area (Å²) in [5.41, 5.74) is 1.59. The lowest BCUT2D eigenvalue weighted by Gasteiger charge is -2.26. The first-order chi connectivity index (χ1) is 9.66. The van der Waals surface area contributed by atoms with Crippen molar-refractivity contribution in [3.63, 3.8) is 0 Å². The number of rotatable bonds is 2. The van der Waals surface area contributed by atoms with Crippen LogP contribution in [0.15, 0.2) is 48.5 Å². The van der Waals surface area contributed by atoms with Gasteiger partial charge in [-0.15, -0.1) is 0 Å². The summed E-state index contributed by atoms with van der Waals surface area (Å²) in [6.45, 7) is -0.0291. The third kappa shape index (κ3) is 2.09. The molecular weight excluding hydrogens is 257 g/mol. The molecule has 4 heteroatoms. The van der Waals surface area contributed by atoms with Gasteiger partial charge in [0.15, 0.2) is 0 Å². The Morgan fingerprint density at radius 3 is 2.50 bits per heavy atom. The minimum Gasteiger partial charge on any atom is -0.274 e. The number of halogens is 1. The molecule has 1 heterocycles. The van der Waals surface area contributed by atoms with Crippen LogP contribution < -0.4 is 0 Å². The molecule has 2 amide bonds. The third-order valence-electron chi connectivity index (χ3n) is 3.42. The topological polar surface area (TPSA) is 37.4 Å². The molecule has 0 radical (unpaired) electrons. The fraction of sp³-hybridized carbons (Fsp3) is 0.125. The lowest BCUT2D eigenvalue weighted by molar-refractivity contribution is -0.128. The zero-order chi connectivity index (χ0) is 14.1. The van der Waals surface area contributed by atoms with Crippen LogP contribution in [-0.4, -0.2) is 16.7 Å². The van der Waals surface area contributed by atoms with Crippen LogP contribution in [0.3, 0.4) is 0 Å². The molecule has 3 rings (SSSR count). The number of carbonyl (C=O) groups is 2. The normalized spacial score (nSPS) is 14.3.